The quantitative estimate of drug-likeness (QED) is 0.775. The molecule has 0 aliphatic heterocycles. The van der Waals surface area contributed by atoms with Crippen LogP contribution in [0.4, 0.5) is 0 Å². The van der Waals surface area contributed by atoms with Gasteiger partial charge in [-0.1, -0.05) is 12.1 Å². The highest BCUT2D eigenvalue weighted by Crippen LogP contribution is 2.46. The van der Waals surface area contributed by atoms with Crippen LogP contribution in [-0.4, -0.2) is 17.4 Å². The molecule has 0 radical (unpaired) electrons. The topological polar surface area (TPSA) is 32.6 Å². The number of para-hydroxylation sites is 1. The summed E-state index contributed by atoms with van der Waals surface area (Å²) in [5, 5.41) is 9.90. The van der Waals surface area contributed by atoms with Crippen LogP contribution in [0.2, 0.25) is 0 Å². The number of phenols is 1. The summed E-state index contributed by atoms with van der Waals surface area (Å²) in [6.45, 7) is 1.92. The molecule has 1 N–H and O–H groups in total. The molecular formula is C15H19NO. The number of rotatable bonds is 2. The van der Waals surface area contributed by atoms with E-state index in [-0.39, 0.29) is 0 Å². The Morgan fingerprint density at radius 2 is 1.88 bits per heavy atom. The molecule has 90 valence electrons. The predicted octanol–water partition coefficient (Wildman–Crippen LogP) is 3.31. The van der Waals surface area contributed by atoms with Gasteiger partial charge in [0, 0.05) is 11.8 Å². The third-order valence-electron chi connectivity index (χ3n) is 4.24. The van der Waals surface area contributed by atoms with Crippen molar-refractivity contribution >= 4 is 6.21 Å². The van der Waals surface area contributed by atoms with Crippen molar-refractivity contribution in [2.75, 3.05) is 0 Å². The second-order valence-electron chi connectivity index (χ2n) is 5.62. The average Bonchev–Trinajstić information content (AvgIpc) is 2.30. The molecule has 0 unspecified atom stereocenters. The molecule has 3 fully saturated rings. The Morgan fingerprint density at radius 3 is 2.59 bits per heavy atom. The molecular weight excluding hydrogens is 210 g/mol. The Labute approximate surface area is 102 Å². The van der Waals surface area contributed by atoms with E-state index in [2.05, 4.69) is 4.99 Å². The summed E-state index contributed by atoms with van der Waals surface area (Å²) < 4.78 is 0. The first kappa shape index (κ1) is 10.8. The van der Waals surface area contributed by atoms with Gasteiger partial charge in [0.15, 0.2) is 0 Å². The van der Waals surface area contributed by atoms with Crippen LogP contribution in [0.3, 0.4) is 0 Å². The van der Waals surface area contributed by atoms with E-state index in [1.807, 2.05) is 31.3 Å². The molecule has 0 saturated heterocycles. The normalized spacial score (nSPS) is 31.5. The first-order valence-corrected chi connectivity index (χ1v) is 6.54. The van der Waals surface area contributed by atoms with Crippen LogP contribution in [-0.2, 0) is 0 Å². The minimum absolute atomic E-state index is 0.372. The highest BCUT2D eigenvalue weighted by Gasteiger charge is 2.37. The van der Waals surface area contributed by atoms with Crippen molar-refractivity contribution in [3.63, 3.8) is 0 Å². The van der Waals surface area contributed by atoms with Gasteiger partial charge >= 0.3 is 0 Å². The highest BCUT2D eigenvalue weighted by molar-refractivity contribution is 5.84. The van der Waals surface area contributed by atoms with Crippen molar-refractivity contribution in [2.45, 2.75) is 38.6 Å². The van der Waals surface area contributed by atoms with E-state index in [1.165, 1.54) is 25.7 Å². The van der Waals surface area contributed by atoms with Crippen LogP contribution in [0.15, 0.2) is 23.2 Å². The largest absolute Gasteiger partial charge is 0.507 e. The summed E-state index contributed by atoms with van der Waals surface area (Å²) in [5.41, 5.74) is 1.77. The Bertz CT molecular complexity index is 436. The van der Waals surface area contributed by atoms with Crippen LogP contribution in [0.25, 0.3) is 0 Å². The van der Waals surface area contributed by atoms with Gasteiger partial charge in [0.2, 0.25) is 0 Å². The van der Waals surface area contributed by atoms with Crippen molar-refractivity contribution in [1.82, 2.24) is 0 Å². The number of phenolic OH excluding ortho intramolecular Hbond substituents is 1. The monoisotopic (exact) mass is 229 g/mol. The third-order valence-corrected chi connectivity index (χ3v) is 4.24. The molecule has 0 atom stereocenters. The van der Waals surface area contributed by atoms with Gasteiger partial charge < -0.3 is 5.11 Å². The van der Waals surface area contributed by atoms with Gasteiger partial charge in [-0.05, 0) is 56.1 Å². The first-order valence-electron chi connectivity index (χ1n) is 6.54. The lowest BCUT2D eigenvalue weighted by Crippen LogP contribution is -2.35. The molecule has 1 aromatic rings. The first-order chi connectivity index (χ1) is 8.22. The van der Waals surface area contributed by atoms with Gasteiger partial charge in [-0.15, -0.1) is 0 Å². The van der Waals surface area contributed by atoms with Crippen molar-refractivity contribution in [1.29, 1.82) is 0 Å². The summed E-state index contributed by atoms with van der Waals surface area (Å²) >= 11 is 0. The number of benzene rings is 1. The summed E-state index contributed by atoms with van der Waals surface area (Å²) in [4.78, 5) is 4.65. The molecule has 17 heavy (non-hydrogen) atoms. The fraction of sp³-hybridized carbons (Fsp3) is 0.533. The minimum atomic E-state index is 0.372. The molecule has 4 rings (SSSR count). The number of hydrogen-bond donors (Lipinski definition) is 1. The maximum atomic E-state index is 9.90. The zero-order valence-corrected chi connectivity index (χ0v) is 10.3. The predicted molar refractivity (Wildman–Crippen MR) is 69.7 cm³/mol. The lowest BCUT2D eigenvalue weighted by atomic mass is 9.64. The lowest BCUT2D eigenvalue weighted by Gasteiger charge is -2.43. The Kier molecular flexibility index (Phi) is 2.65. The van der Waals surface area contributed by atoms with E-state index >= 15 is 0 Å². The van der Waals surface area contributed by atoms with Crippen LogP contribution < -0.4 is 0 Å². The van der Waals surface area contributed by atoms with E-state index in [1.54, 1.807) is 0 Å². The molecule has 3 aliphatic rings. The maximum absolute atomic E-state index is 9.90. The van der Waals surface area contributed by atoms with Gasteiger partial charge in [0.25, 0.3) is 0 Å². The van der Waals surface area contributed by atoms with Gasteiger partial charge in [0.05, 0.1) is 6.04 Å². The molecule has 2 heteroatoms. The van der Waals surface area contributed by atoms with Crippen molar-refractivity contribution in [2.24, 2.45) is 16.8 Å². The van der Waals surface area contributed by atoms with Gasteiger partial charge in [-0.2, -0.15) is 0 Å². The highest BCUT2D eigenvalue weighted by atomic mass is 16.3. The van der Waals surface area contributed by atoms with E-state index in [9.17, 15) is 5.11 Å². The smallest absolute Gasteiger partial charge is 0.127 e. The third kappa shape index (κ3) is 2.08. The van der Waals surface area contributed by atoms with Crippen molar-refractivity contribution in [3.05, 3.63) is 29.3 Å². The number of aryl methyl sites for hydroxylation is 1. The molecule has 0 heterocycles. The number of nitrogens with zero attached hydrogens (tertiary/aromatic N) is 1. The summed E-state index contributed by atoms with van der Waals surface area (Å²) in [7, 11) is 0. The summed E-state index contributed by atoms with van der Waals surface area (Å²) in [6.07, 6.45) is 7.22. The molecule has 2 bridgehead atoms. The maximum Gasteiger partial charge on any atom is 0.127 e. The second kappa shape index (κ2) is 4.17. The average molecular weight is 229 g/mol. The molecule has 2 nitrogen and oxygen atoms in total. The van der Waals surface area contributed by atoms with Crippen LogP contribution >= 0.6 is 0 Å². The Hall–Kier alpha value is -1.31. The SMILES string of the molecule is Cc1cccc(C=NC2CC3CC(C3)C2)c1O. The van der Waals surface area contributed by atoms with Crippen molar-refractivity contribution in [3.8, 4) is 5.75 Å². The van der Waals surface area contributed by atoms with E-state index in [0.717, 1.165) is 23.0 Å². The van der Waals surface area contributed by atoms with Crippen molar-refractivity contribution < 1.29 is 5.11 Å². The zero-order valence-electron chi connectivity index (χ0n) is 10.3. The minimum Gasteiger partial charge on any atom is -0.507 e. The number of aliphatic imine (C=N–C) groups is 1. The fourth-order valence-electron chi connectivity index (χ4n) is 3.22. The van der Waals surface area contributed by atoms with Gasteiger partial charge in [-0.25, -0.2) is 0 Å². The molecule has 3 saturated carbocycles. The number of hydrogen-bond acceptors (Lipinski definition) is 2. The van der Waals surface area contributed by atoms with Gasteiger partial charge in [0.1, 0.15) is 5.75 Å². The Balaban J connectivity index is 1.71. The number of aromatic hydroxyl groups is 1. The Morgan fingerprint density at radius 1 is 1.18 bits per heavy atom. The standard InChI is InChI=1S/C15H19NO/c1-10-3-2-4-13(15(10)17)9-16-14-7-11-5-12(6-11)8-14/h2-4,9,11-12,14,17H,5-8H2,1H3. The zero-order chi connectivity index (χ0) is 11.8. The van der Waals surface area contributed by atoms with Crippen LogP contribution in [0.5, 0.6) is 5.75 Å². The van der Waals surface area contributed by atoms with E-state index in [0.29, 0.717) is 11.8 Å². The van der Waals surface area contributed by atoms with Gasteiger partial charge in [-0.3, -0.25) is 4.99 Å². The van der Waals surface area contributed by atoms with Crippen LogP contribution in [0.1, 0.15) is 36.8 Å². The van der Waals surface area contributed by atoms with E-state index in [4.69, 9.17) is 0 Å². The summed E-state index contributed by atoms with van der Waals surface area (Å²) in [6, 6.07) is 6.31. The molecule has 3 aliphatic carbocycles. The molecule has 0 spiro atoms. The molecule has 1 aromatic carbocycles. The summed E-state index contributed by atoms with van der Waals surface area (Å²) in [5.74, 6) is 2.24. The van der Waals surface area contributed by atoms with E-state index < -0.39 is 0 Å². The lowest BCUT2D eigenvalue weighted by molar-refractivity contribution is 0.0995. The molecule has 0 amide bonds. The fourth-order valence-corrected chi connectivity index (χ4v) is 3.22. The van der Waals surface area contributed by atoms with Crippen LogP contribution in [0, 0.1) is 18.8 Å². The second-order valence-corrected chi connectivity index (χ2v) is 5.62. The molecule has 0 aromatic heterocycles. The number of fused-ring (bicyclic) bond motifs is 2.